The molecule has 0 radical (unpaired) electrons. The fourth-order valence-electron chi connectivity index (χ4n) is 1.33. The number of aromatic nitrogens is 2. The lowest BCUT2D eigenvalue weighted by atomic mass is 10.2. The maximum absolute atomic E-state index is 12.9. The van der Waals surface area contributed by atoms with Crippen molar-refractivity contribution < 1.29 is 9.50 Å². The van der Waals surface area contributed by atoms with Gasteiger partial charge >= 0.3 is 0 Å². The van der Waals surface area contributed by atoms with Gasteiger partial charge in [0.1, 0.15) is 17.9 Å². The highest BCUT2D eigenvalue weighted by molar-refractivity contribution is 5.39. The van der Waals surface area contributed by atoms with Gasteiger partial charge in [-0.3, -0.25) is 0 Å². The Bertz CT molecular complexity index is 456. The predicted molar refractivity (Wildman–Crippen MR) is 57.4 cm³/mol. The number of phenols is 1. The van der Waals surface area contributed by atoms with Crippen molar-refractivity contribution in [2.75, 3.05) is 5.32 Å². The number of phenolic OH excluding ortho intramolecular Hbond substituents is 1. The molecule has 0 fully saturated rings. The first-order valence-corrected chi connectivity index (χ1v) is 4.71. The van der Waals surface area contributed by atoms with Crippen LogP contribution in [0.3, 0.4) is 0 Å². The summed E-state index contributed by atoms with van der Waals surface area (Å²) in [5.41, 5.74) is 1.40. The summed E-state index contributed by atoms with van der Waals surface area (Å²) in [5, 5.41) is 12.2. The van der Waals surface area contributed by atoms with E-state index in [9.17, 15) is 9.50 Å². The number of halogens is 1. The average molecular weight is 219 g/mol. The van der Waals surface area contributed by atoms with E-state index in [1.54, 1.807) is 12.4 Å². The van der Waals surface area contributed by atoms with Crippen LogP contribution in [0.25, 0.3) is 0 Å². The minimum absolute atomic E-state index is 0.0823. The summed E-state index contributed by atoms with van der Waals surface area (Å²) in [6.07, 6.45) is 4.66. The molecule has 0 aliphatic heterocycles. The van der Waals surface area contributed by atoms with Crippen LogP contribution in [0.5, 0.6) is 5.75 Å². The van der Waals surface area contributed by atoms with E-state index in [1.807, 2.05) is 0 Å². The Kier molecular flexibility index (Phi) is 2.95. The highest BCUT2D eigenvalue weighted by atomic mass is 19.1. The molecule has 2 N–H and O–H groups in total. The van der Waals surface area contributed by atoms with E-state index >= 15 is 0 Å². The zero-order valence-electron chi connectivity index (χ0n) is 8.39. The van der Waals surface area contributed by atoms with Crippen LogP contribution in [0.2, 0.25) is 0 Å². The van der Waals surface area contributed by atoms with Crippen LogP contribution in [0.1, 0.15) is 5.56 Å². The third-order valence-electron chi connectivity index (χ3n) is 2.00. The van der Waals surface area contributed by atoms with Gasteiger partial charge < -0.3 is 10.4 Å². The largest absolute Gasteiger partial charge is 0.508 e. The highest BCUT2D eigenvalue weighted by Crippen LogP contribution is 2.15. The van der Waals surface area contributed by atoms with Crippen molar-refractivity contribution in [3.8, 4) is 5.75 Å². The minimum atomic E-state index is -0.457. The molecule has 0 aliphatic carbocycles. The molecular weight excluding hydrogens is 209 g/mol. The number of rotatable bonds is 3. The van der Waals surface area contributed by atoms with Crippen LogP contribution in [0, 0.1) is 5.82 Å². The summed E-state index contributed by atoms with van der Waals surface area (Å²) in [5.74, 6) is -0.540. The smallest absolute Gasteiger partial charge is 0.127 e. The van der Waals surface area contributed by atoms with Crippen molar-refractivity contribution in [2.24, 2.45) is 0 Å². The van der Waals surface area contributed by atoms with Gasteiger partial charge in [0.15, 0.2) is 0 Å². The first-order chi connectivity index (χ1) is 7.74. The second-order valence-electron chi connectivity index (χ2n) is 3.30. The summed E-state index contributed by atoms with van der Waals surface area (Å²) < 4.78 is 12.9. The summed E-state index contributed by atoms with van der Waals surface area (Å²) in [6.45, 7) is 0.401. The van der Waals surface area contributed by atoms with E-state index in [0.717, 1.165) is 11.8 Å². The van der Waals surface area contributed by atoms with E-state index in [2.05, 4.69) is 15.3 Å². The molecule has 0 unspecified atom stereocenters. The van der Waals surface area contributed by atoms with Crippen LogP contribution in [0.15, 0.2) is 36.9 Å². The maximum Gasteiger partial charge on any atom is 0.127 e. The van der Waals surface area contributed by atoms with Crippen molar-refractivity contribution in [3.63, 3.8) is 0 Å². The fourth-order valence-corrected chi connectivity index (χ4v) is 1.33. The van der Waals surface area contributed by atoms with Gasteiger partial charge in [-0.25, -0.2) is 14.4 Å². The molecule has 1 aromatic heterocycles. The molecule has 0 saturated carbocycles. The van der Waals surface area contributed by atoms with Gasteiger partial charge in [-0.1, -0.05) is 0 Å². The van der Waals surface area contributed by atoms with E-state index in [-0.39, 0.29) is 5.75 Å². The minimum Gasteiger partial charge on any atom is -0.508 e. The molecule has 1 aromatic carbocycles. The van der Waals surface area contributed by atoms with Crippen LogP contribution >= 0.6 is 0 Å². The molecular formula is C11H10FN3O. The Hall–Kier alpha value is -2.17. The SMILES string of the molecule is Oc1cc(F)cc(CNc2cncnc2)c1. The molecule has 0 saturated heterocycles. The third kappa shape index (κ3) is 2.66. The van der Waals surface area contributed by atoms with Crippen LogP contribution < -0.4 is 5.32 Å². The average Bonchev–Trinajstić information content (AvgIpc) is 2.27. The first kappa shape index (κ1) is 10.4. The zero-order chi connectivity index (χ0) is 11.4. The summed E-state index contributed by atoms with van der Waals surface area (Å²) in [6, 6.07) is 3.92. The number of hydrogen-bond donors (Lipinski definition) is 2. The highest BCUT2D eigenvalue weighted by Gasteiger charge is 1.99. The Morgan fingerprint density at radius 3 is 2.62 bits per heavy atom. The van der Waals surface area contributed by atoms with E-state index in [0.29, 0.717) is 12.1 Å². The topological polar surface area (TPSA) is 58.0 Å². The fraction of sp³-hybridized carbons (Fsp3) is 0.0909. The normalized spacial score (nSPS) is 10.1. The second-order valence-corrected chi connectivity index (χ2v) is 3.30. The second kappa shape index (κ2) is 4.57. The van der Waals surface area contributed by atoms with Crippen LogP contribution in [-0.2, 0) is 6.54 Å². The molecule has 82 valence electrons. The van der Waals surface area contributed by atoms with Crippen molar-refractivity contribution in [1.82, 2.24) is 9.97 Å². The van der Waals surface area contributed by atoms with Crippen LogP contribution in [-0.4, -0.2) is 15.1 Å². The molecule has 0 bridgehead atoms. The van der Waals surface area contributed by atoms with Gasteiger partial charge in [-0.2, -0.15) is 0 Å². The monoisotopic (exact) mass is 219 g/mol. The van der Waals surface area contributed by atoms with Crippen LogP contribution in [0.4, 0.5) is 10.1 Å². The van der Waals surface area contributed by atoms with Crippen molar-refractivity contribution >= 4 is 5.69 Å². The molecule has 2 aromatic rings. The molecule has 0 spiro atoms. The van der Waals surface area contributed by atoms with Crippen molar-refractivity contribution in [2.45, 2.75) is 6.54 Å². The molecule has 4 nitrogen and oxygen atoms in total. The standard InChI is InChI=1S/C11H10FN3O/c12-9-1-8(2-11(16)3-9)4-15-10-5-13-7-14-6-10/h1-3,5-7,15-16H,4H2. The lowest BCUT2D eigenvalue weighted by Crippen LogP contribution is -2.00. The van der Waals surface area contributed by atoms with E-state index in [1.165, 1.54) is 18.5 Å². The van der Waals surface area contributed by atoms with Gasteiger partial charge in [0.2, 0.25) is 0 Å². The summed E-state index contributed by atoms with van der Waals surface area (Å²) in [4.78, 5) is 7.67. The summed E-state index contributed by atoms with van der Waals surface area (Å²) in [7, 11) is 0. The van der Waals surface area contributed by atoms with Crippen molar-refractivity contribution in [1.29, 1.82) is 0 Å². The molecule has 1 heterocycles. The number of nitrogens with one attached hydrogen (secondary N) is 1. The number of anilines is 1. The number of hydrogen-bond acceptors (Lipinski definition) is 4. The van der Waals surface area contributed by atoms with E-state index in [4.69, 9.17) is 0 Å². The molecule has 0 amide bonds. The van der Waals surface area contributed by atoms with Gasteiger partial charge in [0, 0.05) is 12.6 Å². The number of aromatic hydroxyl groups is 1. The Morgan fingerprint density at radius 1 is 1.19 bits per heavy atom. The quantitative estimate of drug-likeness (QED) is 0.828. The first-order valence-electron chi connectivity index (χ1n) is 4.71. The van der Waals surface area contributed by atoms with Crippen molar-refractivity contribution in [3.05, 3.63) is 48.3 Å². The number of nitrogens with zero attached hydrogens (tertiary/aromatic N) is 2. The van der Waals surface area contributed by atoms with E-state index < -0.39 is 5.82 Å². The predicted octanol–water partition coefficient (Wildman–Crippen LogP) is 1.93. The third-order valence-corrected chi connectivity index (χ3v) is 2.00. The summed E-state index contributed by atoms with van der Waals surface area (Å²) >= 11 is 0. The lowest BCUT2D eigenvalue weighted by molar-refractivity contribution is 0.468. The molecule has 16 heavy (non-hydrogen) atoms. The Balaban J connectivity index is 2.05. The Morgan fingerprint density at radius 2 is 1.94 bits per heavy atom. The molecule has 0 atom stereocenters. The lowest BCUT2D eigenvalue weighted by Gasteiger charge is -2.05. The zero-order valence-corrected chi connectivity index (χ0v) is 8.39. The van der Waals surface area contributed by atoms with Gasteiger partial charge in [-0.05, 0) is 17.7 Å². The maximum atomic E-state index is 12.9. The van der Waals surface area contributed by atoms with Gasteiger partial charge in [0.25, 0.3) is 0 Å². The number of benzene rings is 1. The Labute approximate surface area is 91.8 Å². The molecule has 0 aliphatic rings. The molecule has 5 heteroatoms. The van der Waals surface area contributed by atoms with Gasteiger partial charge in [-0.15, -0.1) is 0 Å². The van der Waals surface area contributed by atoms with Gasteiger partial charge in [0.05, 0.1) is 18.1 Å². The molecule has 2 rings (SSSR count).